The number of nitrogens with zero attached hydrogens (tertiary/aromatic N) is 3. The highest BCUT2D eigenvalue weighted by atomic mass is 32.1. The molecule has 7 nitrogen and oxygen atoms in total. The first kappa shape index (κ1) is 18.6. The Labute approximate surface area is 157 Å². The van der Waals surface area contributed by atoms with Gasteiger partial charge in [-0.15, -0.1) is 0 Å². The standard InChI is InChI=1S/C18H25N5O2S/c1-11(2)23-7-6-22(10-14(23)17(25)20-3)16(24)9-12-4-5-13-15(8-12)26-18(19)21-13/h4-5,8,11,14H,6-7,9-10H2,1-3H3,(H2,19,21)(H,20,25). The van der Waals surface area contributed by atoms with E-state index in [0.29, 0.717) is 31.2 Å². The minimum Gasteiger partial charge on any atom is -0.375 e. The lowest BCUT2D eigenvalue weighted by atomic mass is 10.1. The fraction of sp³-hybridized carbons (Fsp3) is 0.500. The Hall–Kier alpha value is -2.19. The summed E-state index contributed by atoms with van der Waals surface area (Å²) in [6.07, 6.45) is 0.315. The molecule has 3 rings (SSSR count). The molecule has 0 spiro atoms. The summed E-state index contributed by atoms with van der Waals surface area (Å²) in [5, 5.41) is 3.24. The Balaban J connectivity index is 1.71. The molecular formula is C18H25N5O2S. The van der Waals surface area contributed by atoms with E-state index < -0.39 is 0 Å². The molecule has 0 bridgehead atoms. The number of nitrogens with one attached hydrogen (secondary N) is 1. The highest BCUT2D eigenvalue weighted by Gasteiger charge is 2.34. The fourth-order valence-electron chi connectivity index (χ4n) is 3.42. The van der Waals surface area contributed by atoms with Crippen LogP contribution in [0.25, 0.3) is 10.2 Å². The Bertz CT molecular complexity index is 819. The van der Waals surface area contributed by atoms with Crippen LogP contribution >= 0.6 is 11.3 Å². The molecule has 2 amide bonds. The second-order valence-corrected chi connectivity index (χ2v) is 7.89. The van der Waals surface area contributed by atoms with E-state index in [4.69, 9.17) is 5.73 Å². The Kier molecular flexibility index (Phi) is 5.43. The molecule has 0 aliphatic carbocycles. The van der Waals surface area contributed by atoms with Gasteiger partial charge >= 0.3 is 0 Å². The second kappa shape index (κ2) is 7.59. The third-order valence-electron chi connectivity index (χ3n) is 4.81. The average Bonchev–Trinajstić information content (AvgIpc) is 2.99. The largest absolute Gasteiger partial charge is 0.375 e. The molecule has 26 heavy (non-hydrogen) atoms. The monoisotopic (exact) mass is 375 g/mol. The van der Waals surface area contributed by atoms with Gasteiger partial charge in [-0.2, -0.15) is 0 Å². The van der Waals surface area contributed by atoms with Crippen LogP contribution in [0.2, 0.25) is 0 Å². The van der Waals surface area contributed by atoms with Crippen molar-refractivity contribution in [2.24, 2.45) is 0 Å². The van der Waals surface area contributed by atoms with Gasteiger partial charge in [0.15, 0.2) is 5.13 Å². The molecule has 1 unspecified atom stereocenters. The van der Waals surface area contributed by atoms with Crippen molar-refractivity contribution < 1.29 is 9.59 Å². The van der Waals surface area contributed by atoms with Gasteiger partial charge < -0.3 is 16.0 Å². The predicted molar refractivity (Wildman–Crippen MR) is 104 cm³/mol. The highest BCUT2D eigenvalue weighted by Crippen LogP contribution is 2.25. The number of benzene rings is 1. The summed E-state index contributed by atoms with van der Waals surface area (Å²) in [5.41, 5.74) is 7.54. The maximum Gasteiger partial charge on any atom is 0.238 e. The maximum atomic E-state index is 12.8. The van der Waals surface area contributed by atoms with E-state index in [0.717, 1.165) is 15.8 Å². The van der Waals surface area contributed by atoms with Gasteiger partial charge in [0, 0.05) is 32.7 Å². The van der Waals surface area contributed by atoms with Crippen LogP contribution in [0.4, 0.5) is 5.13 Å². The number of hydrogen-bond acceptors (Lipinski definition) is 6. The van der Waals surface area contributed by atoms with Crippen molar-refractivity contribution in [3.05, 3.63) is 23.8 Å². The van der Waals surface area contributed by atoms with Crippen molar-refractivity contribution in [2.45, 2.75) is 32.4 Å². The smallest absolute Gasteiger partial charge is 0.238 e. The van der Waals surface area contributed by atoms with Gasteiger partial charge in [0.25, 0.3) is 0 Å². The number of amides is 2. The lowest BCUT2D eigenvalue weighted by molar-refractivity contribution is -0.138. The van der Waals surface area contributed by atoms with Gasteiger partial charge in [0.1, 0.15) is 6.04 Å². The van der Waals surface area contributed by atoms with Crippen molar-refractivity contribution >= 4 is 38.5 Å². The number of carbonyl (C=O) groups excluding carboxylic acids is 2. The summed E-state index contributed by atoms with van der Waals surface area (Å²) >= 11 is 1.42. The molecule has 3 N–H and O–H groups in total. The summed E-state index contributed by atoms with van der Waals surface area (Å²) in [4.78, 5) is 33.2. The zero-order valence-electron chi connectivity index (χ0n) is 15.4. The quantitative estimate of drug-likeness (QED) is 0.835. The van der Waals surface area contributed by atoms with E-state index in [9.17, 15) is 9.59 Å². The Morgan fingerprint density at radius 3 is 2.85 bits per heavy atom. The first-order chi connectivity index (χ1) is 12.4. The first-order valence-electron chi connectivity index (χ1n) is 8.79. The number of hydrogen-bond donors (Lipinski definition) is 2. The SMILES string of the molecule is CNC(=O)C1CN(C(=O)Cc2ccc3nc(N)sc3c2)CCN1C(C)C. The number of anilines is 1. The molecular weight excluding hydrogens is 350 g/mol. The number of carbonyl (C=O) groups is 2. The predicted octanol–water partition coefficient (Wildman–Crippen LogP) is 1.09. The number of piperazine rings is 1. The summed E-state index contributed by atoms with van der Waals surface area (Å²) in [6.45, 7) is 5.91. The fourth-order valence-corrected chi connectivity index (χ4v) is 4.22. The third kappa shape index (κ3) is 3.81. The number of likely N-dealkylation sites (N-methyl/N-ethyl adjacent to an activating group) is 1. The molecule has 1 fully saturated rings. The molecule has 1 aliphatic heterocycles. The molecule has 1 saturated heterocycles. The van der Waals surface area contributed by atoms with Crippen LogP contribution in [-0.4, -0.2) is 65.4 Å². The van der Waals surface area contributed by atoms with Crippen molar-refractivity contribution in [3.8, 4) is 0 Å². The second-order valence-electron chi connectivity index (χ2n) is 6.83. The van der Waals surface area contributed by atoms with Crippen molar-refractivity contribution in [1.82, 2.24) is 20.1 Å². The van der Waals surface area contributed by atoms with Gasteiger partial charge in [0.05, 0.1) is 16.6 Å². The van der Waals surface area contributed by atoms with Crippen LogP contribution in [0, 0.1) is 0 Å². The number of fused-ring (bicyclic) bond motifs is 1. The normalized spacial score (nSPS) is 18.5. The molecule has 2 heterocycles. The molecule has 2 aromatic rings. The van der Waals surface area contributed by atoms with E-state index in [1.807, 2.05) is 18.2 Å². The first-order valence-corrected chi connectivity index (χ1v) is 9.60. The van der Waals surface area contributed by atoms with Gasteiger partial charge in [-0.25, -0.2) is 4.98 Å². The van der Waals surface area contributed by atoms with Crippen LogP contribution in [0.15, 0.2) is 18.2 Å². The zero-order chi connectivity index (χ0) is 18.8. The zero-order valence-corrected chi connectivity index (χ0v) is 16.2. The van der Waals surface area contributed by atoms with E-state index in [-0.39, 0.29) is 23.9 Å². The summed E-state index contributed by atoms with van der Waals surface area (Å²) in [7, 11) is 1.64. The van der Waals surface area contributed by atoms with Gasteiger partial charge in [-0.05, 0) is 31.5 Å². The van der Waals surface area contributed by atoms with Crippen LogP contribution in [0.5, 0.6) is 0 Å². The Morgan fingerprint density at radius 2 is 2.15 bits per heavy atom. The van der Waals surface area contributed by atoms with Crippen molar-refractivity contribution in [1.29, 1.82) is 0 Å². The van der Waals surface area contributed by atoms with Crippen molar-refractivity contribution in [3.63, 3.8) is 0 Å². The minimum atomic E-state index is -0.304. The number of nitrogens with two attached hydrogens (primary N) is 1. The minimum absolute atomic E-state index is 0.0409. The average molecular weight is 375 g/mol. The molecule has 1 atom stereocenters. The molecule has 0 radical (unpaired) electrons. The molecule has 140 valence electrons. The van der Waals surface area contributed by atoms with Crippen LogP contribution in [0.3, 0.4) is 0 Å². The van der Waals surface area contributed by atoms with Crippen molar-refractivity contribution in [2.75, 3.05) is 32.4 Å². The number of aromatic nitrogens is 1. The van der Waals surface area contributed by atoms with Gasteiger partial charge in [-0.1, -0.05) is 17.4 Å². The van der Waals surface area contributed by atoms with Crippen LogP contribution < -0.4 is 11.1 Å². The van der Waals surface area contributed by atoms with E-state index in [1.165, 1.54) is 11.3 Å². The van der Waals surface area contributed by atoms with E-state index >= 15 is 0 Å². The molecule has 8 heteroatoms. The lowest BCUT2D eigenvalue weighted by Gasteiger charge is -2.42. The number of rotatable bonds is 4. The summed E-state index contributed by atoms with van der Waals surface area (Å²) < 4.78 is 0.987. The molecule has 1 aliphatic rings. The van der Waals surface area contributed by atoms with Gasteiger partial charge in [0.2, 0.25) is 11.8 Å². The lowest BCUT2D eigenvalue weighted by Crippen LogP contribution is -2.61. The van der Waals surface area contributed by atoms with Crippen LogP contribution in [0.1, 0.15) is 19.4 Å². The topological polar surface area (TPSA) is 91.6 Å². The van der Waals surface area contributed by atoms with Gasteiger partial charge in [-0.3, -0.25) is 14.5 Å². The van der Waals surface area contributed by atoms with E-state index in [1.54, 1.807) is 11.9 Å². The third-order valence-corrected chi connectivity index (χ3v) is 5.66. The van der Waals surface area contributed by atoms with E-state index in [2.05, 4.69) is 29.0 Å². The molecule has 1 aromatic carbocycles. The summed E-state index contributed by atoms with van der Waals surface area (Å²) in [6, 6.07) is 5.74. The Morgan fingerprint density at radius 1 is 1.38 bits per heavy atom. The summed E-state index contributed by atoms with van der Waals surface area (Å²) in [5.74, 6) is -0.00287. The molecule has 0 saturated carbocycles. The molecule has 1 aromatic heterocycles. The number of nitrogen functional groups attached to an aromatic ring is 1. The number of thiazole rings is 1. The van der Waals surface area contributed by atoms with Crippen LogP contribution in [-0.2, 0) is 16.0 Å². The maximum absolute atomic E-state index is 12.8. The highest BCUT2D eigenvalue weighted by molar-refractivity contribution is 7.22.